The van der Waals surface area contributed by atoms with Crippen LogP contribution in [0.1, 0.15) is 64.2 Å². The minimum Gasteiger partial charge on any atom is -0.341 e. The second-order valence-electron chi connectivity index (χ2n) is 9.85. The van der Waals surface area contributed by atoms with Crippen molar-refractivity contribution < 1.29 is 32.9 Å². The molecule has 180 valence electrons. The van der Waals surface area contributed by atoms with Gasteiger partial charge in [-0.1, -0.05) is 24.4 Å². The largest absolute Gasteiger partial charge is 0.341 e. The molecule has 1 N–H and O–H groups in total. The molecule has 1 aromatic rings. The summed E-state index contributed by atoms with van der Waals surface area (Å²) in [4.78, 5) is 13.3. The number of amides is 1. The number of rotatable bonds is 2. The summed E-state index contributed by atoms with van der Waals surface area (Å²) in [6.07, 6.45) is 6.37. The fraction of sp³-hybridized carbons (Fsp3) is 0.708. The van der Waals surface area contributed by atoms with Gasteiger partial charge in [0.2, 0.25) is 0 Å². The van der Waals surface area contributed by atoms with Crippen LogP contribution < -0.4 is 5.32 Å². The predicted octanol–water partition coefficient (Wildman–Crippen LogP) is 4.66. The van der Waals surface area contributed by atoms with Crippen LogP contribution in [-0.2, 0) is 28.5 Å². The lowest BCUT2D eigenvalue weighted by molar-refractivity contribution is -0.246. The standard InChI is InChI=1S/C24H29ClFNO6/c25-15-13-14(7-8-16(15)26)27-21(28)19-17-18(31-23(30-17)9-3-1-4-10-23)20-22(29-19)33-24(32-20)11-5-2-6-12-24/h7-8,13,17-20,22H,1-6,9-12H2,(H,27,28)/t17-,18-,19-,20-,22-/m1/s1. The number of benzene rings is 1. The van der Waals surface area contributed by atoms with Gasteiger partial charge < -0.3 is 29.0 Å². The number of carbonyl (C=O) groups excluding carboxylic acids is 1. The van der Waals surface area contributed by atoms with Gasteiger partial charge in [0.05, 0.1) is 5.02 Å². The van der Waals surface area contributed by atoms with Gasteiger partial charge in [0, 0.05) is 31.4 Å². The van der Waals surface area contributed by atoms with Crippen molar-refractivity contribution in [2.75, 3.05) is 5.32 Å². The monoisotopic (exact) mass is 481 g/mol. The van der Waals surface area contributed by atoms with Gasteiger partial charge in [0.15, 0.2) is 24.0 Å². The first-order valence-electron chi connectivity index (χ1n) is 12.1. The normalized spacial score (nSPS) is 36.5. The molecule has 0 unspecified atom stereocenters. The molecule has 9 heteroatoms. The molecule has 5 atom stereocenters. The van der Waals surface area contributed by atoms with Crippen molar-refractivity contribution in [1.82, 2.24) is 0 Å². The van der Waals surface area contributed by atoms with Crippen LogP contribution in [0.5, 0.6) is 0 Å². The molecule has 33 heavy (non-hydrogen) atoms. The van der Waals surface area contributed by atoms with Gasteiger partial charge in [-0.3, -0.25) is 4.79 Å². The summed E-state index contributed by atoms with van der Waals surface area (Å²) in [5.41, 5.74) is 0.382. The molecule has 1 amide bonds. The molecule has 5 aliphatic rings. The highest BCUT2D eigenvalue weighted by atomic mass is 35.5. The molecule has 0 aromatic heterocycles. The van der Waals surface area contributed by atoms with Gasteiger partial charge >= 0.3 is 0 Å². The highest BCUT2D eigenvalue weighted by Crippen LogP contribution is 2.51. The third kappa shape index (κ3) is 3.98. The van der Waals surface area contributed by atoms with Crippen LogP contribution >= 0.6 is 11.6 Å². The fourth-order valence-electron chi connectivity index (χ4n) is 5.96. The van der Waals surface area contributed by atoms with Crippen LogP contribution in [0, 0.1) is 5.82 Å². The Morgan fingerprint density at radius 1 is 0.879 bits per heavy atom. The van der Waals surface area contributed by atoms with Crippen molar-refractivity contribution in [1.29, 1.82) is 0 Å². The topological polar surface area (TPSA) is 75.3 Å². The lowest BCUT2D eigenvalue weighted by Gasteiger charge is -2.36. The van der Waals surface area contributed by atoms with E-state index in [9.17, 15) is 9.18 Å². The summed E-state index contributed by atoms with van der Waals surface area (Å²) in [6, 6.07) is 4.05. The van der Waals surface area contributed by atoms with E-state index in [0.29, 0.717) is 5.69 Å². The minimum absolute atomic E-state index is 0.0660. The molecule has 2 saturated carbocycles. The fourth-order valence-corrected chi connectivity index (χ4v) is 6.14. The summed E-state index contributed by atoms with van der Waals surface area (Å²) in [5, 5.41) is 2.72. The zero-order chi connectivity index (χ0) is 22.6. The molecule has 0 bridgehead atoms. The van der Waals surface area contributed by atoms with E-state index in [1.165, 1.54) is 18.2 Å². The van der Waals surface area contributed by atoms with E-state index in [1.807, 2.05) is 0 Å². The summed E-state index contributed by atoms with van der Waals surface area (Å²) in [5.74, 6) is -2.35. The molecule has 7 nitrogen and oxygen atoms in total. The molecule has 6 rings (SSSR count). The molecule has 3 heterocycles. The zero-order valence-electron chi connectivity index (χ0n) is 18.4. The van der Waals surface area contributed by atoms with Crippen molar-refractivity contribution in [2.45, 2.75) is 106 Å². The Labute approximate surface area is 197 Å². The first kappa shape index (κ1) is 22.2. The average molecular weight is 482 g/mol. The molecule has 2 spiro atoms. The van der Waals surface area contributed by atoms with Gasteiger partial charge in [0.1, 0.15) is 24.1 Å². The van der Waals surface area contributed by atoms with E-state index >= 15 is 0 Å². The zero-order valence-corrected chi connectivity index (χ0v) is 19.2. The van der Waals surface area contributed by atoms with Crippen LogP contribution in [0.3, 0.4) is 0 Å². The number of anilines is 1. The Morgan fingerprint density at radius 3 is 2.15 bits per heavy atom. The number of hydrogen-bond acceptors (Lipinski definition) is 6. The minimum atomic E-state index is -0.955. The Balaban J connectivity index is 1.27. The van der Waals surface area contributed by atoms with E-state index in [2.05, 4.69) is 5.32 Å². The number of fused-ring (bicyclic) bond motifs is 3. The van der Waals surface area contributed by atoms with Crippen molar-refractivity contribution in [3.8, 4) is 0 Å². The average Bonchev–Trinajstić information content (AvgIpc) is 3.34. The van der Waals surface area contributed by atoms with E-state index < -0.39 is 54.0 Å². The van der Waals surface area contributed by atoms with Crippen LogP contribution in [0.25, 0.3) is 0 Å². The van der Waals surface area contributed by atoms with Crippen molar-refractivity contribution >= 4 is 23.2 Å². The highest BCUT2D eigenvalue weighted by molar-refractivity contribution is 6.31. The number of carbonyl (C=O) groups is 1. The maximum Gasteiger partial charge on any atom is 0.256 e. The van der Waals surface area contributed by atoms with Gasteiger partial charge in [-0.15, -0.1) is 0 Å². The van der Waals surface area contributed by atoms with Crippen LogP contribution in [0.2, 0.25) is 5.02 Å². The second-order valence-corrected chi connectivity index (χ2v) is 10.3. The van der Waals surface area contributed by atoms with E-state index in [-0.39, 0.29) is 5.02 Å². The van der Waals surface area contributed by atoms with Crippen molar-refractivity contribution in [3.05, 3.63) is 29.0 Å². The number of hydrogen-bond donors (Lipinski definition) is 1. The maximum atomic E-state index is 13.6. The Morgan fingerprint density at radius 2 is 1.48 bits per heavy atom. The third-order valence-electron chi connectivity index (χ3n) is 7.55. The van der Waals surface area contributed by atoms with Crippen molar-refractivity contribution in [2.24, 2.45) is 0 Å². The SMILES string of the molecule is O=C(Nc1ccc(F)c(Cl)c1)[C@@H]1O[C@@H]2OC3(CCCCC3)O[C@@H]2[C@@H]2OC3(CCCCC3)O[C@H]21. The molecule has 5 fully saturated rings. The first-order chi connectivity index (χ1) is 16.0. The Kier molecular flexibility index (Phi) is 5.67. The molecule has 3 saturated heterocycles. The van der Waals surface area contributed by atoms with Gasteiger partial charge in [0.25, 0.3) is 5.91 Å². The van der Waals surface area contributed by atoms with Gasteiger partial charge in [-0.2, -0.15) is 0 Å². The van der Waals surface area contributed by atoms with Gasteiger partial charge in [-0.25, -0.2) is 4.39 Å². The highest BCUT2D eigenvalue weighted by Gasteiger charge is 2.65. The van der Waals surface area contributed by atoms with Gasteiger partial charge in [-0.05, 0) is 43.9 Å². The van der Waals surface area contributed by atoms with E-state index in [4.69, 9.17) is 35.3 Å². The lowest BCUT2D eigenvalue weighted by atomic mass is 9.94. The molecule has 2 aliphatic carbocycles. The number of halogens is 2. The smallest absolute Gasteiger partial charge is 0.256 e. The molecule has 1 aromatic carbocycles. The first-order valence-corrected chi connectivity index (χ1v) is 12.5. The third-order valence-corrected chi connectivity index (χ3v) is 7.84. The van der Waals surface area contributed by atoms with E-state index in [0.717, 1.165) is 64.2 Å². The summed E-state index contributed by atoms with van der Waals surface area (Å²) >= 11 is 5.89. The lowest BCUT2D eigenvalue weighted by Crippen LogP contribution is -2.58. The molecular weight excluding hydrogens is 453 g/mol. The van der Waals surface area contributed by atoms with Crippen molar-refractivity contribution in [3.63, 3.8) is 0 Å². The molecule has 0 radical (unpaired) electrons. The Hall–Kier alpha value is -1.29. The maximum absolute atomic E-state index is 13.6. The van der Waals surface area contributed by atoms with Crippen LogP contribution in [-0.4, -0.2) is 48.2 Å². The second kappa shape index (κ2) is 8.43. The van der Waals surface area contributed by atoms with E-state index in [1.54, 1.807) is 0 Å². The van der Waals surface area contributed by atoms with Crippen LogP contribution in [0.4, 0.5) is 10.1 Å². The summed E-state index contributed by atoms with van der Waals surface area (Å²) in [6.45, 7) is 0. The number of ether oxygens (including phenoxy) is 5. The summed E-state index contributed by atoms with van der Waals surface area (Å²) < 4.78 is 45.6. The quantitative estimate of drug-likeness (QED) is 0.662. The van der Waals surface area contributed by atoms with Crippen LogP contribution in [0.15, 0.2) is 18.2 Å². The summed E-state index contributed by atoms with van der Waals surface area (Å²) in [7, 11) is 0. The predicted molar refractivity (Wildman–Crippen MR) is 116 cm³/mol. The number of nitrogens with one attached hydrogen (secondary N) is 1. The molecule has 3 aliphatic heterocycles. The Bertz CT molecular complexity index is 918. The molecular formula is C24H29ClFNO6.